The standard InChI is InChI=1S/C18H22N4O2S/c1-12-17(25-11-21-12)9-22-7-15-14(10-24-16(15)8-22)6-20-18(23)13-2-4-19-5-3-13/h2-5,11,14-16H,6-10H2,1H3,(H,20,23)/t14-,15+,16+/m0/s1. The molecule has 2 aliphatic heterocycles. The molecule has 2 saturated heterocycles. The third-order valence-corrected chi connectivity index (χ3v) is 6.11. The number of hydrogen-bond donors (Lipinski definition) is 1. The van der Waals surface area contributed by atoms with Crippen molar-refractivity contribution in [3.63, 3.8) is 0 Å². The lowest BCUT2D eigenvalue weighted by Gasteiger charge is -2.19. The van der Waals surface area contributed by atoms with E-state index in [1.807, 2.05) is 5.51 Å². The third-order valence-electron chi connectivity index (χ3n) is 5.19. The number of nitrogens with one attached hydrogen (secondary N) is 1. The molecule has 132 valence electrons. The number of carbonyl (C=O) groups excluding carboxylic acids is 1. The maximum atomic E-state index is 12.2. The fourth-order valence-electron chi connectivity index (χ4n) is 3.73. The van der Waals surface area contributed by atoms with Crippen LogP contribution in [0.5, 0.6) is 0 Å². The number of fused-ring (bicyclic) bond motifs is 1. The second kappa shape index (κ2) is 7.19. The molecular weight excluding hydrogens is 336 g/mol. The number of aromatic nitrogens is 2. The van der Waals surface area contributed by atoms with Crippen molar-refractivity contribution < 1.29 is 9.53 Å². The zero-order chi connectivity index (χ0) is 17.2. The number of carbonyl (C=O) groups is 1. The van der Waals surface area contributed by atoms with E-state index in [-0.39, 0.29) is 12.0 Å². The molecule has 0 radical (unpaired) electrons. The van der Waals surface area contributed by atoms with E-state index >= 15 is 0 Å². The molecule has 0 aromatic carbocycles. The summed E-state index contributed by atoms with van der Waals surface area (Å²) in [5.74, 6) is 0.829. The number of nitrogens with zero attached hydrogens (tertiary/aromatic N) is 3. The summed E-state index contributed by atoms with van der Waals surface area (Å²) in [4.78, 5) is 24.3. The van der Waals surface area contributed by atoms with Gasteiger partial charge in [0, 0.05) is 60.8 Å². The first-order chi connectivity index (χ1) is 12.2. The van der Waals surface area contributed by atoms with E-state index in [1.54, 1.807) is 35.9 Å². The Bertz CT molecular complexity index is 736. The molecule has 0 aliphatic carbocycles. The van der Waals surface area contributed by atoms with Crippen LogP contribution < -0.4 is 5.32 Å². The SMILES string of the molecule is Cc1ncsc1CN1C[C@@H]2[C@@H](CNC(=O)c3ccncc3)CO[C@@H]2C1. The molecule has 2 aromatic heterocycles. The Labute approximate surface area is 151 Å². The molecule has 0 unspecified atom stereocenters. The smallest absolute Gasteiger partial charge is 0.251 e. The van der Waals surface area contributed by atoms with Gasteiger partial charge in [0.2, 0.25) is 0 Å². The molecule has 6 nitrogen and oxygen atoms in total. The first kappa shape index (κ1) is 16.6. The van der Waals surface area contributed by atoms with Crippen molar-refractivity contribution >= 4 is 17.2 Å². The highest BCUT2D eigenvalue weighted by molar-refractivity contribution is 7.09. The van der Waals surface area contributed by atoms with Crippen LogP contribution in [-0.4, -0.2) is 53.1 Å². The summed E-state index contributed by atoms with van der Waals surface area (Å²) < 4.78 is 5.99. The Morgan fingerprint density at radius 1 is 1.40 bits per heavy atom. The van der Waals surface area contributed by atoms with Gasteiger partial charge in [0.15, 0.2) is 0 Å². The molecule has 0 spiro atoms. The first-order valence-corrected chi connectivity index (χ1v) is 9.50. The average molecular weight is 358 g/mol. The molecular formula is C18H22N4O2S. The number of amides is 1. The number of pyridine rings is 1. The summed E-state index contributed by atoms with van der Waals surface area (Å²) in [5.41, 5.74) is 3.69. The topological polar surface area (TPSA) is 67.4 Å². The molecule has 25 heavy (non-hydrogen) atoms. The zero-order valence-electron chi connectivity index (χ0n) is 14.2. The van der Waals surface area contributed by atoms with Crippen LogP contribution >= 0.6 is 11.3 Å². The van der Waals surface area contributed by atoms with Crippen LogP contribution in [0.15, 0.2) is 30.0 Å². The van der Waals surface area contributed by atoms with Gasteiger partial charge in [0.1, 0.15) is 0 Å². The van der Waals surface area contributed by atoms with Gasteiger partial charge in [0.05, 0.1) is 23.9 Å². The molecule has 3 atom stereocenters. The van der Waals surface area contributed by atoms with Crippen molar-refractivity contribution in [1.82, 2.24) is 20.2 Å². The second-order valence-electron chi connectivity index (χ2n) is 6.80. The quantitative estimate of drug-likeness (QED) is 0.882. The second-order valence-corrected chi connectivity index (χ2v) is 7.74. The molecule has 0 saturated carbocycles. The van der Waals surface area contributed by atoms with Crippen LogP contribution in [0.3, 0.4) is 0 Å². The summed E-state index contributed by atoms with van der Waals surface area (Å²) in [5, 5.41) is 3.05. The summed E-state index contributed by atoms with van der Waals surface area (Å²) in [6, 6.07) is 3.47. The molecule has 1 amide bonds. The summed E-state index contributed by atoms with van der Waals surface area (Å²) in [6.07, 6.45) is 3.57. The van der Waals surface area contributed by atoms with Crippen LogP contribution in [0.25, 0.3) is 0 Å². The Balaban J connectivity index is 1.31. The molecule has 7 heteroatoms. The maximum Gasteiger partial charge on any atom is 0.251 e. The largest absolute Gasteiger partial charge is 0.376 e. The van der Waals surface area contributed by atoms with Gasteiger partial charge in [-0.05, 0) is 19.1 Å². The first-order valence-electron chi connectivity index (χ1n) is 8.62. The number of aryl methyl sites for hydroxylation is 1. The van der Waals surface area contributed by atoms with Crippen molar-refractivity contribution in [2.75, 3.05) is 26.2 Å². The molecule has 2 fully saturated rings. The number of hydrogen-bond acceptors (Lipinski definition) is 6. The minimum atomic E-state index is -0.0408. The number of rotatable bonds is 5. The molecule has 1 N–H and O–H groups in total. The molecule has 0 bridgehead atoms. The van der Waals surface area contributed by atoms with Crippen molar-refractivity contribution in [2.24, 2.45) is 11.8 Å². The minimum absolute atomic E-state index is 0.0408. The molecule has 2 aliphatic rings. The van der Waals surface area contributed by atoms with Gasteiger partial charge >= 0.3 is 0 Å². The van der Waals surface area contributed by atoms with E-state index in [9.17, 15) is 4.79 Å². The van der Waals surface area contributed by atoms with Gasteiger partial charge < -0.3 is 10.1 Å². The van der Waals surface area contributed by atoms with Crippen LogP contribution in [-0.2, 0) is 11.3 Å². The van der Waals surface area contributed by atoms with Crippen LogP contribution in [0.4, 0.5) is 0 Å². The number of likely N-dealkylation sites (tertiary alicyclic amines) is 1. The summed E-state index contributed by atoms with van der Waals surface area (Å²) in [6.45, 7) is 6.41. The molecule has 4 rings (SSSR count). The van der Waals surface area contributed by atoms with Gasteiger partial charge in [0.25, 0.3) is 5.91 Å². The van der Waals surface area contributed by atoms with Crippen molar-refractivity contribution in [2.45, 2.75) is 19.6 Å². The Morgan fingerprint density at radius 3 is 3.00 bits per heavy atom. The van der Waals surface area contributed by atoms with Crippen LogP contribution in [0, 0.1) is 18.8 Å². The minimum Gasteiger partial charge on any atom is -0.376 e. The lowest BCUT2D eigenvalue weighted by atomic mass is 9.93. The van der Waals surface area contributed by atoms with Gasteiger partial charge in [-0.1, -0.05) is 0 Å². The highest BCUT2D eigenvalue weighted by Crippen LogP contribution is 2.34. The zero-order valence-corrected chi connectivity index (χ0v) is 15.0. The molecule has 4 heterocycles. The fourth-order valence-corrected chi connectivity index (χ4v) is 4.55. The predicted molar refractivity (Wildman–Crippen MR) is 95.4 cm³/mol. The van der Waals surface area contributed by atoms with E-state index in [2.05, 4.69) is 27.1 Å². The van der Waals surface area contributed by atoms with Crippen LogP contribution in [0.1, 0.15) is 20.9 Å². The maximum absolute atomic E-state index is 12.2. The van der Waals surface area contributed by atoms with Crippen LogP contribution in [0.2, 0.25) is 0 Å². The van der Waals surface area contributed by atoms with Gasteiger partial charge in [-0.3, -0.25) is 14.7 Å². The normalized spacial score (nSPS) is 25.9. The van der Waals surface area contributed by atoms with E-state index in [4.69, 9.17) is 4.74 Å². The summed E-state index contributed by atoms with van der Waals surface area (Å²) in [7, 11) is 0. The fraction of sp³-hybridized carbons (Fsp3) is 0.500. The Morgan fingerprint density at radius 2 is 2.24 bits per heavy atom. The van der Waals surface area contributed by atoms with Crippen molar-refractivity contribution in [3.8, 4) is 0 Å². The number of ether oxygens (including phenoxy) is 1. The van der Waals surface area contributed by atoms with Gasteiger partial charge in [-0.15, -0.1) is 11.3 Å². The molecule has 2 aromatic rings. The highest BCUT2D eigenvalue weighted by Gasteiger charge is 2.43. The summed E-state index contributed by atoms with van der Waals surface area (Å²) >= 11 is 1.72. The lowest BCUT2D eigenvalue weighted by Crippen LogP contribution is -2.34. The van der Waals surface area contributed by atoms with E-state index in [1.165, 1.54) is 4.88 Å². The lowest BCUT2D eigenvalue weighted by molar-refractivity contribution is 0.0904. The third kappa shape index (κ3) is 3.58. The van der Waals surface area contributed by atoms with E-state index in [0.29, 0.717) is 23.9 Å². The van der Waals surface area contributed by atoms with E-state index in [0.717, 1.165) is 31.9 Å². The Kier molecular flexibility index (Phi) is 4.78. The number of thiazole rings is 1. The monoisotopic (exact) mass is 358 g/mol. The highest BCUT2D eigenvalue weighted by atomic mass is 32.1. The van der Waals surface area contributed by atoms with Gasteiger partial charge in [-0.2, -0.15) is 0 Å². The van der Waals surface area contributed by atoms with Crippen molar-refractivity contribution in [1.29, 1.82) is 0 Å². The average Bonchev–Trinajstić information content (AvgIpc) is 3.31. The van der Waals surface area contributed by atoms with E-state index < -0.39 is 0 Å². The van der Waals surface area contributed by atoms with Gasteiger partial charge in [-0.25, -0.2) is 4.98 Å². The predicted octanol–water partition coefficient (Wildman–Crippen LogP) is 1.72. The Hall–Kier alpha value is -1.83. The van der Waals surface area contributed by atoms with Crippen molar-refractivity contribution in [3.05, 3.63) is 46.2 Å².